The molecule has 5 nitrogen and oxygen atoms in total. The number of guanidine groups is 1. The molecule has 0 aromatic heterocycles. The standard InChI is InChI=1S/C8H11N3O2S/c12-6-7(13)11-8(10-6)9-5-1-3-14-4-2-5/h5H,1-4H2,(H2,9,10,11,12,13). The summed E-state index contributed by atoms with van der Waals surface area (Å²) in [5.41, 5.74) is 0. The van der Waals surface area contributed by atoms with E-state index in [1.165, 1.54) is 0 Å². The summed E-state index contributed by atoms with van der Waals surface area (Å²) < 4.78 is 0. The third-order valence-corrected chi connectivity index (χ3v) is 3.22. The topological polar surface area (TPSA) is 70.6 Å². The number of nitrogens with zero attached hydrogens (tertiary/aromatic N) is 1. The molecule has 0 radical (unpaired) electrons. The summed E-state index contributed by atoms with van der Waals surface area (Å²) in [6.07, 6.45) is 2.03. The molecule has 2 aliphatic rings. The number of nitrogens with one attached hydrogen (secondary N) is 2. The van der Waals surface area contributed by atoms with Crippen molar-refractivity contribution < 1.29 is 9.59 Å². The number of carbonyl (C=O) groups is 2. The van der Waals surface area contributed by atoms with E-state index in [-0.39, 0.29) is 6.04 Å². The zero-order valence-electron chi connectivity index (χ0n) is 7.58. The molecule has 0 spiro atoms. The van der Waals surface area contributed by atoms with Crippen LogP contribution in [0.2, 0.25) is 0 Å². The first-order valence-corrected chi connectivity index (χ1v) is 5.69. The highest BCUT2D eigenvalue weighted by molar-refractivity contribution is 7.99. The molecule has 2 rings (SSSR count). The predicted octanol–water partition coefficient (Wildman–Crippen LogP) is -0.516. The Morgan fingerprint density at radius 1 is 1.14 bits per heavy atom. The minimum atomic E-state index is -0.617. The number of thioether (sulfide) groups is 1. The van der Waals surface area contributed by atoms with Gasteiger partial charge >= 0.3 is 11.8 Å². The van der Waals surface area contributed by atoms with Gasteiger partial charge in [-0.1, -0.05) is 0 Å². The Balaban J connectivity index is 1.97. The van der Waals surface area contributed by atoms with Crippen molar-refractivity contribution in [3.63, 3.8) is 0 Å². The third kappa shape index (κ3) is 2.06. The van der Waals surface area contributed by atoms with Crippen molar-refractivity contribution in [3.05, 3.63) is 0 Å². The van der Waals surface area contributed by atoms with Crippen LogP contribution in [0.1, 0.15) is 12.8 Å². The largest absolute Gasteiger partial charge is 0.316 e. The molecule has 0 aromatic carbocycles. The lowest BCUT2D eigenvalue weighted by molar-refractivity contribution is -0.135. The van der Waals surface area contributed by atoms with Gasteiger partial charge in [-0.25, -0.2) is 4.99 Å². The van der Waals surface area contributed by atoms with E-state index in [2.05, 4.69) is 15.6 Å². The quantitative estimate of drug-likeness (QED) is 0.576. The molecule has 76 valence electrons. The van der Waals surface area contributed by atoms with Gasteiger partial charge in [-0.2, -0.15) is 11.8 Å². The van der Waals surface area contributed by atoms with Crippen molar-refractivity contribution in [1.29, 1.82) is 0 Å². The average molecular weight is 213 g/mol. The van der Waals surface area contributed by atoms with E-state index in [9.17, 15) is 9.59 Å². The first-order valence-electron chi connectivity index (χ1n) is 4.53. The number of amides is 2. The second kappa shape index (κ2) is 4.00. The van der Waals surface area contributed by atoms with E-state index in [0.717, 1.165) is 24.3 Å². The lowest BCUT2D eigenvalue weighted by Gasteiger charge is -2.17. The normalized spacial score (nSPS) is 23.3. The van der Waals surface area contributed by atoms with Gasteiger partial charge in [0.25, 0.3) is 0 Å². The molecule has 2 N–H and O–H groups in total. The molecule has 0 saturated carbocycles. The van der Waals surface area contributed by atoms with E-state index in [1.807, 2.05) is 11.8 Å². The zero-order chi connectivity index (χ0) is 9.97. The van der Waals surface area contributed by atoms with Gasteiger partial charge in [0.05, 0.1) is 6.04 Å². The van der Waals surface area contributed by atoms with Gasteiger partial charge in [-0.15, -0.1) is 0 Å². The Morgan fingerprint density at radius 3 is 2.29 bits per heavy atom. The average Bonchev–Trinajstić information content (AvgIpc) is 2.47. The highest BCUT2D eigenvalue weighted by atomic mass is 32.2. The molecule has 6 heteroatoms. The van der Waals surface area contributed by atoms with Crippen LogP contribution in [-0.2, 0) is 9.59 Å². The summed E-state index contributed by atoms with van der Waals surface area (Å²) in [7, 11) is 0. The molecule has 2 amide bonds. The van der Waals surface area contributed by atoms with Crippen LogP contribution in [0.4, 0.5) is 0 Å². The van der Waals surface area contributed by atoms with Crippen molar-refractivity contribution in [1.82, 2.24) is 10.6 Å². The Morgan fingerprint density at radius 2 is 1.71 bits per heavy atom. The fraction of sp³-hybridized carbons (Fsp3) is 0.625. The molecule has 14 heavy (non-hydrogen) atoms. The number of carbonyl (C=O) groups excluding carboxylic acids is 2. The maximum atomic E-state index is 10.8. The van der Waals surface area contributed by atoms with E-state index in [0.29, 0.717) is 5.96 Å². The maximum Gasteiger partial charge on any atom is 0.316 e. The van der Waals surface area contributed by atoms with Crippen LogP contribution in [0.5, 0.6) is 0 Å². The summed E-state index contributed by atoms with van der Waals surface area (Å²) in [5, 5.41) is 4.79. The fourth-order valence-corrected chi connectivity index (χ4v) is 2.50. The van der Waals surface area contributed by atoms with Gasteiger partial charge in [0.1, 0.15) is 0 Å². The molecule has 0 aliphatic carbocycles. The van der Waals surface area contributed by atoms with Crippen molar-refractivity contribution in [2.75, 3.05) is 11.5 Å². The summed E-state index contributed by atoms with van der Waals surface area (Å²) in [6.45, 7) is 0. The van der Waals surface area contributed by atoms with E-state index in [1.54, 1.807) is 0 Å². The Hall–Kier alpha value is -1.04. The predicted molar refractivity (Wildman–Crippen MR) is 54.1 cm³/mol. The van der Waals surface area contributed by atoms with Gasteiger partial charge in [-0.05, 0) is 24.3 Å². The summed E-state index contributed by atoms with van der Waals surface area (Å²) in [6, 6.07) is 0.241. The molecule has 0 unspecified atom stereocenters. The van der Waals surface area contributed by atoms with Crippen LogP contribution in [0.15, 0.2) is 4.99 Å². The second-order valence-corrected chi connectivity index (χ2v) is 4.45. The van der Waals surface area contributed by atoms with E-state index < -0.39 is 11.8 Å². The van der Waals surface area contributed by atoms with Gasteiger partial charge in [0.2, 0.25) is 5.96 Å². The van der Waals surface area contributed by atoms with Crippen LogP contribution >= 0.6 is 11.8 Å². The van der Waals surface area contributed by atoms with Gasteiger partial charge in [0.15, 0.2) is 0 Å². The van der Waals surface area contributed by atoms with Crippen LogP contribution in [-0.4, -0.2) is 35.3 Å². The highest BCUT2D eigenvalue weighted by Gasteiger charge is 2.26. The smallest absolute Gasteiger partial charge is 0.288 e. The van der Waals surface area contributed by atoms with Crippen LogP contribution in [0.3, 0.4) is 0 Å². The van der Waals surface area contributed by atoms with Crippen molar-refractivity contribution in [2.24, 2.45) is 4.99 Å². The molecule has 0 atom stereocenters. The van der Waals surface area contributed by atoms with Crippen LogP contribution < -0.4 is 10.6 Å². The lowest BCUT2D eigenvalue weighted by atomic mass is 10.2. The van der Waals surface area contributed by atoms with E-state index in [4.69, 9.17) is 0 Å². The molecule has 2 aliphatic heterocycles. The first-order chi connectivity index (χ1) is 6.75. The van der Waals surface area contributed by atoms with Gasteiger partial charge in [0, 0.05) is 0 Å². The van der Waals surface area contributed by atoms with Crippen molar-refractivity contribution in [3.8, 4) is 0 Å². The summed E-state index contributed by atoms with van der Waals surface area (Å²) >= 11 is 1.91. The molecule has 2 saturated heterocycles. The Kier molecular flexibility index (Phi) is 2.72. The SMILES string of the molecule is O=C1NC(=NC2CCSCC2)NC1=O. The van der Waals surface area contributed by atoms with E-state index >= 15 is 0 Å². The zero-order valence-corrected chi connectivity index (χ0v) is 8.39. The Labute approximate surface area is 85.7 Å². The highest BCUT2D eigenvalue weighted by Crippen LogP contribution is 2.19. The molecular weight excluding hydrogens is 202 g/mol. The van der Waals surface area contributed by atoms with Crippen molar-refractivity contribution in [2.45, 2.75) is 18.9 Å². The number of hydrogen-bond acceptors (Lipinski definition) is 4. The Bertz CT molecular complexity index is 279. The summed E-state index contributed by atoms with van der Waals surface area (Å²) in [5.74, 6) is 1.28. The third-order valence-electron chi connectivity index (χ3n) is 2.17. The summed E-state index contributed by atoms with van der Waals surface area (Å²) in [4.78, 5) is 25.9. The first kappa shape index (κ1) is 9.51. The maximum absolute atomic E-state index is 10.8. The number of aliphatic imine (C=N–C) groups is 1. The number of rotatable bonds is 1. The molecule has 2 heterocycles. The monoisotopic (exact) mass is 213 g/mol. The molecule has 0 bridgehead atoms. The van der Waals surface area contributed by atoms with Crippen molar-refractivity contribution >= 4 is 29.5 Å². The molecular formula is C8H11N3O2S. The minimum absolute atomic E-state index is 0.241. The molecule has 2 fully saturated rings. The lowest BCUT2D eigenvalue weighted by Crippen LogP contribution is -2.28. The van der Waals surface area contributed by atoms with Gasteiger partial charge < -0.3 is 0 Å². The number of hydrogen-bond donors (Lipinski definition) is 2. The molecule has 0 aromatic rings. The van der Waals surface area contributed by atoms with Gasteiger partial charge in [-0.3, -0.25) is 20.2 Å². The van der Waals surface area contributed by atoms with Crippen LogP contribution in [0.25, 0.3) is 0 Å². The second-order valence-electron chi connectivity index (χ2n) is 3.23. The van der Waals surface area contributed by atoms with Crippen LogP contribution in [0, 0.1) is 0 Å². The fourth-order valence-electron chi connectivity index (χ4n) is 1.42. The minimum Gasteiger partial charge on any atom is -0.288 e.